The highest BCUT2D eigenvalue weighted by molar-refractivity contribution is 5.66. The van der Waals surface area contributed by atoms with Crippen LogP contribution in [-0.2, 0) is 11.5 Å². The van der Waals surface area contributed by atoms with E-state index in [0.717, 1.165) is 10.5 Å². The van der Waals surface area contributed by atoms with Crippen LogP contribution in [0.4, 0.5) is 9.32 Å². The Hall–Kier alpha value is -1.58. The number of benzene rings is 1. The topological polar surface area (TPSA) is 29.5 Å². The molecule has 1 rings (SSSR count). The number of nitrogens with zero attached hydrogens (tertiary/aromatic N) is 1. The fraction of sp³-hybridized carbons (Fsp3) is 0.222. The zero-order valence-corrected chi connectivity index (χ0v) is 7.24. The minimum atomic E-state index is -0.983. The summed E-state index contributed by atoms with van der Waals surface area (Å²) in [6.07, 6.45) is -0.983. The van der Waals surface area contributed by atoms with E-state index in [0.29, 0.717) is 6.54 Å². The molecule has 0 saturated heterocycles. The Labute approximate surface area is 75.6 Å². The van der Waals surface area contributed by atoms with Gasteiger partial charge in [-0.25, -0.2) is 9.74 Å². The van der Waals surface area contributed by atoms with Crippen molar-refractivity contribution in [2.24, 2.45) is 0 Å². The summed E-state index contributed by atoms with van der Waals surface area (Å²) in [4.78, 5) is 14.9. The predicted molar refractivity (Wildman–Crippen MR) is 45.5 cm³/mol. The van der Waals surface area contributed by atoms with E-state index in [-0.39, 0.29) is 0 Å². The lowest BCUT2D eigenvalue weighted by Crippen LogP contribution is -2.24. The smallest absolute Gasteiger partial charge is 0.304 e. The van der Waals surface area contributed by atoms with E-state index >= 15 is 0 Å². The van der Waals surface area contributed by atoms with Gasteiger partial charge in [-0.05, 0) is 5.56 Å². The summed E-state index contributed by atoms with van der Waals surface area (Å²) in [5.41, 5.74) is 0.926. The van der Waals surface area contributed by atoms with E-state index in [1.54, 1.807) is 0 Å². The molecule has 0 aliphatic carbocycles. The average Bonchev–Trinajstić information content (AvgIpc) is 2.18. The third-order valence-corrected chi connectivity index (χ3v) is 1.64. The van der Waals surface area contributed by atoms with E-state index in [1.807, 2.05) is 30.3 Å². The van der Waals surface area contributed by atoms with Crippen LogP contribution in [0, 0.1) is 0 Å². The highest BCUT2D eigenvalue weighted by Gasteiger charge is 2.09. The first-order valence-electron chi connectivity index (χ1n) is 3.81. The molecule has 0 atom stereocenters. The first-order valence-corrected chi connectivity index (χ1v) is 3.81. The van der Waals surface area contributed by atoms with E-state index in [9.17, 15) is 9.32 Å². The molecule has 70 valence electrons. The van der Waals surface area contributed by atoms with Crippen molar-refractivity contribution in [2.45, 2.75) is 6.54 Å². The van der Waals surface area contributed by atoms with Crippen molar-refractivity contribution in [3.05, 3.63) is 35.9 Å². The van der Waals surface area contributed by atoms with Gasteiger partial charge in [0.25, 0.3) is 0 Å². The molecular weight excluding hydrogens is 173 g/mol. The summed E-state index contributed by atoms with van der Waals surface area (Å²) in [7, 11) is 1.47. The van der Waals surface area contributed by atoms with Crippen molar-refractivity contribution in [1.29, 1.82) is 0 Å². The maximum atomic E-state index is 11.4. The molecule has 0 spiro atoms. The fourth-order valence-electron chi connectivity index (χ4n) is 0.981. The lowest BCUT2D eigenvalue weighted by atomic mass is 10.2. The predicted octanol–water partition coefficient (Wildman–Crippen LogP) is 2.14. The summed E-state index contributed by atoms with van der Waals surface area (Å²) in [6, 6.07) is 9.27. The second-order valence-corrected chi connectivity index (χ2v) is 2.68. The van der Waals surface area contributed by atoms with E-state index < -0.39 is 6.09 Å². The van der Waals surface area contributed by atoms with Gasteiger partial charge in [0.15, 0.2) is 0 Å². The van der Waals surface area contributed by atoms with Crippen LogP contribution in [0.2, 0.25) is 0 Å². The Morgan fingerprint density at radius 1 is 1.46 bits per heavy atom. The summed E-state index contributed by atoms with van der Waals surface area (Å²) < 4.78 is 11.4. The molecule has 0 aromatic heterocycles. The molecule has 1 aromatic carbocycles. The van der Waals surface area contributed by atoms with Crippen molar-refractivity contribution < 1.29 is 14.3 Å². The summed E-state index contributed by atoms with van der Waals surface area (Å²) >= 11 is 0. The molecule has 3 nitrogen and oxygen atoms in total. The lowest BCUT2D eigenvalue weighted by Gasteiger charge is -2.12. The highest BCUT2D eigenvalue weighted by atomic mass is 19.3. The molecule has 0 N–H and O–H groups in total. The summed E-state index contributed by atoms with van der Waals surface area (Å²) in [5, 5.41) is 0. The Morgan fingerprint density at radius 2 is 2.08 bits per heavy atom. The number of amides is 1. The lowest BCUT2D eigenvalue weighted by molar-refractivity contribution is -0.0778. The van der Waals surface area contributed by atoms with Crippen LogP contribution in [0.3, 0.4) is 0 Å². The van der Waals surface area contributed by atoms with Gasteiger partial charge in [-0.15, -0.1) is 0 Å². The molecule has 0 aliphatic rings. The van der Waals surface area contributed by atoms with Gasteiger partial charge < -0.3 is 4.90 Å². The van der Waals surface area contributed by atoms with E-state index in [2.05, 4.69) is 4.94 Å². The summed E-state index contributed by atoms with van der Waals surface area (Å²) in [5.74, 6) is 0. The number of carbonyl (C=O) groups excluding carboxylic acids is 1. The minimum absolute atomic E-state index is 0.337. The normalized spacial score (nSPS) is 9.38. The molecule has 1 amide bonds. The van der Waals surface area contributed by atoms with Crippen LogP contribution < -0.4 is 0 Å². The van der Waals surface area contributed by atoms with Crippen molar-refractivity contribution in [3.8, 4) is 0 Å². The minimum Gasteiger partial charge on any atom is -0.304 e. The van der Waals surface area contributed by atoms with Gasteiger partial charge in [0.05, 0.1) is 0 Å². The molecule has 0 bridgehead atoms. The van der Waals surface area contributed by atoms with Crippen LogP contribution in [0.5, 0.6) is 0 Å². The number of hydrogen-bond acceptors (Lipinski definition) is 2. The second-order valence-electron chi connectivity index (χ2n) is 2.68. The monoisotopic (exact) mass is 183 g/mol. The Bertz CT molecular complexity index is 276. The third-order valence-electron chi connectivity index (χ3n) is 1.64. The van der Waals surface area contributed by atoms with Crippen LogP contribution in [0.15, 0.2) is 30.3 Å². The first kappa shape index (κ1) is 9.51. The van der Waals surface area contributed by atoms with Gasteiger partial charge in [-0.3, -0.25) is 0 Å². The van der Waals surface area contributed by atoms with Gasteiger partial charge in [0.2, 0.25) is 0 Å². The molecule has 0 fully saturated rings. The van der Waals surface area contributed by atoms with Crippen LogP contribution >= 0.6 is 0 Å². The Kier molecular flexibility index (Phi) is 3.25. The molecule has 4 heteroatoms. The third kappa shape index (κ3) is 2.74. The molecule has 1 aromatic rings. The average molecular weight is 183 g/mol. The quantitative estimate of drug-likeness (QED) is 0.703. The van der Waals surface area contributed by atoms with Gasteiger partial charge in [0, 0.05) is 18.1 Å². The molecule has 0 heterocycles. The van der Waals surface area contributed by atoms with Gasteiger partial charge in [-0.1, -0.05) is 30.3 Å². The molecule has 0 aliphatic heterocycles. The standard InChI is InChI=1S/C9H10FNO2/c1-11(9(12)13-10)7-8-5-3-2-4-6-8/h2-6H,7H2,1H3. The van der Waals surface area contributed by atoms with E-state index in [4.69, 9.17) is 0 Å². The number of carbonyl (C=O) groups is 1. The molecule has 13 heavy (non-hydrogen) atoms. The molecule has 0 unspecified atom stereocenters. The number of rotatable bonds is 2. The highest BCUT2D eigenvalue weighted by Crippen LogP contribution is 2.03. The molecule has 0 saturated carbocycles. The largest absolute Gasteiger partial charge is 0.447 e. The first-order chi connectivity index (χ1) is 6.24. The zero-order valence-electron chi connectivity index (χ0n) is 7.24. The zero-order chi connectivity index (χ0) is 9.68. The van der Waals surface area contributed by atoms with Crippen molar-refractivity contribution in [2.75, 3.05) is 7.05 Å². The van der Waals surface area contributed by atoms with Gasteiger partial charge in [-0.2, -0.15) is 0 Å². The van der Waals surface area contributed by atoms with Crippen LogP contribution in [0.1, 0.15) is 5.56 Å². The second kappa shape index (κ2) is 4.45. The molecular formula is C9H10FNO2. The summed E-state index contributed by atoms with van der Waals surface area (Å²) in [6.45, 7) is 0.337. The number of hydrogen-bond donors (Lipinski definition) is 0. The van der Waals surface area contributed by atoms with Crippen molar-refractivity contribution in [1.82, 2.24) is 4.90 Å². The van der Waals surface area contributed by atoms with E-state index in [1.165, 1.54) is 7.05 Å². The Morgan fingerprint density at radius 3 is 2.62 bits per heavy atom. The van der Waals surface area contributed by atoms with Crippen LogP contribution in [0.25, 0.3) is 0 Å². The Balaban J connectivity index is 2.55. The van der Waals surface area contributed by atoms with Crippen molar-refractivity contribution >= 4 is 6.09 Å². The van der Waals surface area contributed by atoms with Gasteiger partial charge in [0.1, 0.15) is 0 Å². The molecule has 0 radical (unpaired) electrons. The van der Waals surface area contributed by atoms with Crippen molar-refractivity contribution in [3.63, 3.8) is 0 Å². The van der Waals surface area contributed by atoms with Crippen LogP contribution in [-0.4, -0.2) is 18.0 Å². The number of halogens is 1. The van der Waals surface area contributed by atoms with Gasteiger partial charge >= 0.3 is 6.09 Å². The maximum Gasteiger partial charge on any atom is 0.447 e. The maximum absolute atomic E-state index is 11.4. The fourth-order valence-corrected chi connectivity index (χ4v) is 0.981. The SMILES string of the molecule is CN(Cc1ccccc1)C(=O)OF.